The molecule has 1 unspecified atom stereocenters. The molecule has 0 rings (SSSR count). The molecular formula is C12H20O2. The van der Waals surface area contributed by atoms with E-state index in [9.17, 15) is 4.79 Å². The molecule has 0 aliphatic heterocycles. The van der Waals surface area contributed by atoms with Crippen LogP contribution in [0.5, 0.6) is 0 Å². The molecule has 80 valence electrons. The van der Waals surface area contributed by atoms with Crippen LogP contribution in [0.2, 0.25) is 0 Å². The topological polar surface area (TPSA) is 37.3 Å². The molecule has 0 aliphatic rings. The molecule has 0 aliphatic carbocycles. The number of carboxylic acid groups (broad SMARTS) is 1. The lowest BCUT2D eigenvalue weighted by Gasteiger charge is -2.04. The predicted octanol–water partition coefficient (Wildman–Crippen LogP) is 3.40. The lowest BCUT2D eigenvalue weighted by atomic mass is 10.0. The standard InChI is InChI=1S/C12H20O2/c1-3-5-7-8-10-11(12(13)14)9-6-4-2/h5-7,9,11H,3-4,8,10H2,1-2H3,(H,13,14). The van der Waals surface area contributed by atoms with Crippen LogP contribution in [-0.4, -0.2) is 11.1 Å². The number of rotatable bonds is 7. The highest BCUT2D eigenvalue weighted by molar-refractivity contribution is 5.72. The van der Waals surface area contributed by atoms with Gasteiger partial charge in [-0.3, -0.25) is 4.79 Å². The second kappa shape index (κ2) is 8.54. The summed E-state index contributed by atoms with van der Waals surface area (Å²) >= 11 is 0. The molecule has 0 aromatic rings. The van der Waals surface area contributed by atoms with Crippen molar-refractivity contribution in [1.82, 2.24) is 0 Å². The molecule has 0 heterocycles. The smallest absolute Gasteiger partial charge is 0.310 e. The van der Waals surface area contributed by atoms with Crippen LogP contribution in [0.25, 0.3) is 0 Å². The minimum Gasteiger partial charge on any atom is -0.481 e. The van der Waals surface area contributed by atoms with E-state index in [1.54, 1.807) is 6.08 Å². The van der Waals surface area contributed by atoms with E-state index in [1.807, 2.05) is 13.0 Å². The summed E-state index contributed by atoms with van der Waals surface area (Å²) in [7, 11) is 0. The van der Waals surface area contributed by atoms with Gasteiger partial charge in [0.2, 0.25) is 0 Å². The summed E-state index contributed by atoms with van der Waals surface area (Å²) in [5.74, 6) is -1.05. The summed E-state index contributed by atoms with van der Waals surface area (Å²) in [6.45, 7) is 4.08. The van der Waals surface area contributed by atoms with Gasteiger partial charge in [0.25, 0.3) is 0 Å². The summed E-state index contributed by atoms with van der Waals surface area (Å²) in [6.07, 6.45) is 11.3. The minimum absolute atomic E-state index is 0.323. The van der Waals surface area contributed by atoms with Crippen LogP contribution in [0.1, 0.15) is 39.5 Å². The van der Waals surface area contributed by atoms with E-state index in [-0.39, 0.29) is 5.92 Å². The van der Waals surface area contributed by atoms with Gasteiger partial charge in [-0.25, -0.2) is 0 Å². The van der Waals surface area contributed by atoms with Gasteiger partial charge in [-0.15, -0.1) is 0 Å². The van der Waals surface area contributed by atoms with Crippen LogP contribution in [0.15, 0.2) is 24.3 Å². The van der Waals surface area contributed by atoms with Gasteiger partial charge in [0.05, 0.1) is 5.92 Å². The molecule has 1 N–H and O–H groups in total. The maximum absolute atomic E-state index is 10.8. The first-order valence-electron chi connectivity index (χ1n) is 5.26. The molecule has 0 bridgehead atoms. The predicted molar refractivity (Wildman–Crippen MR) is 59.2 cm³/mol. The molecule has 0 aromatic heterocycles. The van der Waals surface area contributed by atoms with Crippen LogP contribution < -0.4 is 0 Å². The number of aliphatic carboxylic acids is 1. The Labute approximate surface area is 86.3 Å². The Hall–Kier alpha value is -1.05. The van der Waals surface area contributed by atoms with Crippen molar-refractivity contribution in [2.24, 2.45) is 5.92 Å². The molecular weight excluding hydrogens is 176 g/mol. The van der Waals surface area contributed by atoms with Crippen molar-refractivity contribution < 1.29 is 9.90 Å². The van der Waals surface area contributed by atoms with E-state index in [1.165, 1.54) is 0 Å². The maximum atomic E-state index is 10.8. The SMILES string of the molecule is CCC=CCCC(C=CCC)C(=O)O. The Morgan fingerprint density at radius 2 is 1.86 bits per heavy atom. The highest BCUT2D eigenvalue weighted by Crippen LogP contribution is 2.10. The van der Waals surface area contributed by atoms with Crippen LogP contribution in [0.4, 0.5) is 0 Å². The van der Waals surface area contributed by atoms with Crippen LogP contribution in [0.3, 0.4) is 0 Å². The normalized spacial score (nSPS) is 13.9. The molecule has 0 amide bonds. The minimum atomic E-state index is -0.723. The average molecular weight is 196 g/mol. The fraction of sp³-hybridized carbons (Fsp3) is 0.583. The first-order valence-corrected chi connectivity index (χ1v) is 5.26. The largest absolute Gasteiger partial charge is 0.481 e. The van der Waals surface area contributed by atoms with Gasteiger partial charge in [-0.2, -0.15) is 0 Å². The Morgan fingerprint density at radius 1 is 1.21 bits per heavy atom. The van der Waals surface area contributed by atoms with Crippen molar-refractivity contribution in [1.29, 1.82) is 0 Å². The van der Waals surface area contributed by atoms with Crippen LogP contribution in [-0.2, 0) is 4.79 Å². The summed E-state index contributed by atoms with van der Waals surface area (Å²) in [6, 6.07) is 0. The summed E-state index contributed by atoms with van der Waals surface area (Å²) in [5, 5.41) is 8.88. The zero-order chi connectivity index (χ0) is 10.8. The fourth-order valence-electron chi connectivity index (χ4n) is 1.16. The van der Waals surface area contributed by atoms with E-state index < -0.39 is 5.97 Å². The number of carboxylic acids is 1. The number of hydrogen-bond acceptors (Lipinski definition) is 1. The molecule has 0 aromatic carbocycles. The first-order chi connectivity index (χ1) is 6.72. The van der Waals surface area contributed by atoms with Gasteiger partial charge in [0.15, 0.2) is 0 Å². The molecule has 0 saturated heterocycles. The van der Waals surface area contributed by atoms with Gasteiger partial charge in [0.1, 0.15) is 0 Å². The quantitative estimate of drug-likeness (QED) is 0.634. The third kappa shape index (κ3) is 6.46. The van der Waals surface area contributed by atoms with E-state index >= 15 is 0 Å². The second-order valence-electron chi connectivity index (χ2n) is 3.24. The van der Waals surface area contributed by atoms with E-state index in [4.69, 9.17) is 5.11 Å². The van der Waals surface area contributed by atoms with Gasteiger partial charge in [-0.1, -0.05) is 38.2 Å². The van der Waals surface area contributed by atoms with Crippen LogP contribution >= 0.6 is 0 Å². The van der Waals surface area contributed by atoms with Crippen molar-refractivity contribution in [2.75, 3.05) is 0 Å². The van der Waals surface area contributed by atoms with Gasteiger partial charge >= 0.3 is 5.97 Å². The van der Waals surface area contributed by atoms with Crippen molar-refractivity contribution in [3.63, 3.8) is 0 Å². The lowest BCUT2D eigenvalue weighted by Crippen LogP contribution is -2.10. The zero-order valence-corrected chi connectivity index (χ0v) is 9.07. The van der Waals surface area contributed by atoms with E-state index in [2.05, 4.69) is 19.1 Å². The van der Waals surface area contributed by atoms with Gasteiger partial charge < -0.3 is 5.11 Å². The third-order valence-electron chi connectivity index (χ3n) is 1.97. The Morgan fingerprint density at radius 3 is 2.36 bits per heavy atom. The van der Waals surface area contributed by atoms with Crippen molar-refractivity contribution >= 4 is 5.97 Å². The Bertz CT molecular complexity index is 204. The number of allylic oxidation sites excluding steroid dienone is 3. The zero-order valence-electron chi connectivity index (χ0n) is 9.07. The summed E-state index contributed by atoms with van der Waals surface area (Å²) < 4.78 is 0. The van der Waals surface area contributed by atoms with Crippen molar-refractivity contribution in [3.05, 3.63) is 24.3 Å². The van der Waals surface area contributed by atoms with Gasteiger partial charge in [0, 0.05) is 0 Å². The monoisotopic (exact) mass is 196 g/mol. The molecule has 14 heavy (non-hydrogen) atoms. The molecule has 2 heteroatoms. The fourth-order valence-corrected chi connectivity index (χ4v) is 1.16. The molecule has 0 radical (unpaired) electrons. The first kappa shape index (κ1) is 12.9. The highest BCUT2D eigenvalue weighted by atomic mass is 16.4. The maximum Gasteiger partial charge on any atom is 0.310 e. The average Bonchev–Trinajstić information content (AvgIpc) is 2.16. The highest BCUT2D eigenvalue weighted by Gasteiger charge is 2.11. The van der Waals surface area contributed by atoms with E-state index in [0.29, 0.717) is 6.42 Å². The molecule has 0 spiro atoms. The molecule has 1 atom stereocenters. The number of hydrogen-bond donors (Lipinski definition) is 1. The van der Waals surface area contributed by atoms with Crippen molar-refractivity contribution in [3.8, 4) is 0 Å². The second-order valence-corrected chi connectivity index (χ2v) is 3.24. The molecule has 0 fully saturated rings. The number of carbonyl (C=O) groups is 1. The summed E-state index contributed by atoms with van der Waals surface area (Å²) in [5.41, 5.74) is 0. The summed E-state index contributed by atoms with van der Waals surface area (Å²) in [4.78, 5) is 10.8. The van der Waals surface area contributed by atoms with Crippen LogP contribution in [0, 0.1) is 5.92 Å². The Kier molecular flexibility index (Phi) is 7.90. The van der Waals surface area contributed by atoms with Crippen molar-refractivity contribution in [2.45, 2.75) is 39.5 Å². The molecule has 2 nitrogen and oxygen atoms in total. The molecule has 0 saturated carbocycles. The third-order valence-corrected chi connectivity index (χ3v) is 1.97. The van der Waals surface area contributed by atoms with E-state index in [0.717, 1.165) is 19.3 Å². The van der Waals surface area contributed by atoms with Gasteiger partial charge in [-0.05, 0) is 25.7 Å². The Balaban J connectivity index is 3.91. The lowest BCUT2D eigenvalue weighted by molar-refractivity contribution is -0.140.